The molecule has 4 nitrogen and oxygen atoms in total. The topological polar surface area (TPSA) is 33.1 Å². The van der Waals surface area contributed by atoms with E-state index in [0.717, 1.165) is 16.5 Å². The summed E-state index contributed by atoms with van der Waals surface area (Å²) in [4.78, 5) is 7.00. The maximum Gasteiger partial charge on any atom is 0.174 e. The van der Waals surface area contributed by atoms with Gasteiger partial charge in [-0.2, -0.15) is 0 Å². The van der Waals surface area contributed by atoms with E-state index in [4.69, 9.17) is 17.2 Å². The minimum atomic E-state index is -0.0583. The second-order valence-electron chi connectivity index (χ2n) is 9.72. The van der Waals surface area contributed by atoms with Gasteiger partial charge in [0.1, 0.15) is 0 Å². The number of rotatable bonds is 4. The Morgan fingerprint density at radius 2 is 1.60 bits per heavy atom. The average Bonchev–Trinajstić information content (AvgIpc) is 3.31. The fourth-order valence-electron chi connectivity index (χ4n) is 5.47. The Hall–Kier alpha value is -3.44. The van der Waals surface area contributed by atoms with Crippen LogP contribution in [0.5, 0.6) is 0 Å². The summed E-state index contributed by atoms with van der Waals surface area (Å²) in [6, 6.07) is 21.5. The summed E-state index contributed by atoms with van der Waals surface area (Å²) in [7, 11) is 0. The average molecular weight is 481 g/mol. The molecule has 1 fully saturated rings. The first-order chi connectivity index (χ1) is 16.8. The van der Waals surface area contributed by atoms with Crippen molar-refractivity contribution in [3.63, 3.8) is 0 Å². The van der Waals surface area contributed by atoms with E-state index in [2.05, 4.69) is 105 Å². The molecule has 1 saturated heterocycles. The van der Waals surface area contributed by atoms with Crippen LogP contribution in [-0.4, -0.2) is 14.7 Å². The van der Waals surface area contributed by atoms with Crippen molar-refractivity contribution in [1.29, 1.82) is 0 Å². The lowest BCUT2D eigenvalue weighted by molar-refractivity contribution is 0.565. The highest BCUT2D eigenvalue weighted by molar-refractivity contribution is 7.80. The maximum atomic E-state index is 5.96. The second-order valence-corrected chi connectivity index (χ2v) is 10.1. The van der Waals surface area contributed by atoms with Crippen molar-refractivity contribution in [2.75, 3.05) is 4.90 Å². The van der Waals surface area contributed by atoms with Crippen LogP contribution in [-0.2, 0) is 0 Å². The van der Waals surface area contributed by atoms with E-state index in [1.54, 1.807) is 0 Å². The van der Waals surface area contributed by atoms with Crippen LogP contribution < -0.4 is 10.2 Å². The van der Waals surface area contributed by atoms with E-state index >= 15 is 0 Å². The first kappa shape index (κ1) is 23.3. The zero-order chi connectivity index (χ0) is 24.9. The van der Waals surface area contributed by atoms with Crippen molar-refractivity contribution in [3.05, 3.63) is 112 Å². The van der Waals surface area contributed by atoms with Crippen LogP contribution in [0.25, 0.3) is 5.69 Å². The van der Waals surface area contributed by atoms with E-state index < -0.39 is 0 Å². The van der Waals surface area contributed by atoms with Crippen molar-refractivity contribution < 1.29 is 0 Å². The number of aromatic nitrogens is 2. The van der Waals surface area contributed by atoms with Crippen LogP contribution in [0.4, 0.5) is 5.69 Å². The van der Waals surface area contributed by atoms with Gasteiger partial charge >= 0.3 is 0 Å². The molecule has 178 valence electrons. The number of nitrogens with zero attached hydrogens (tertiary/aromatic N) is 3. The van der Waals surface area contributed by atoms with Gasteiger partial charge < -0.3 is 14.8 Å². The number of aryl methyl sites for hydroxylation is 4. The predicted octanol–water partition coefficient (Wildman–Crippen LogP) is 6.90. The molecule has 2 atom stereocenters. The summed E-state index contributed by atoms with van der Waals surface area (Å²) in [6.07, 6.45) is 1.86. The van der Waals surface area contributed by atoms with Crippen LogP contribution in [0.2, 0.25) is 0 Å². The third-order valence-electron chi connectivity index (χ3n) is 7.19. The van der Waals surface area contributed by atoms with Gasteiger partial charge in [-0.05, 0) is 118 Å². The molecule has 3 heterocycles. The molecule has 0 unspecified atom stereocenters. The predicted molar refractivity (Wildman–Crippen MR) is 149 cm³/mol. The molecule has 0 saturated carbocycles. The monoisotopic (exact) mass is 480 g/mol. The van der Waals surface area contributed by atoms with Crippen molar-refractivity contribution >= 4 is 23.0 Å². The Morgan fingerprint density at radius 1 is 0.857 bits per heavy atom. The number of pyridine rings is 1. The smallest absolute Gasteiger partial charge is 0.174 e. The van der Waals surface area contributed by atoms with Gasteiger partial charge in [0.25, 0.3) is 0 Å². The molecule has 0 radical (unpaired) electrons. The molecule has 0 bridgehead atoms. The summed E-state index contributed by atoms with van der Waals surface area (Å²) < 4.78 is 2.38. The van der Waals surface area contributed by atoms with Gasteiger partial charge in [0, 0.05) is 29.0 Å². The molecule has 2 aromatic carbocycles. The molecule has 5 rings (SSSR count). The van der Waals surface area contributed by atoms with Crippen LogP contribution in [0, 0.1) is 41.5 Å². The van der Waals surface area contributed by atoms with Crippen LogP contribution in [0.1, 0.15) is 57.0 Å². The summed E-state index contributed by atoms with van der Waals surface area (Å²) in [5.74, 6) is 0. The SMILES string of the molecule is Cc1cc(C)cc(N2C(=S)N[C@H](c3ccccn3)[C@@H]2c2cc(C)n(-c3cccc(C)c3C)c2C)c1. The first-order valence-electron chi connectivity index (χ1n) is 12.1. The molecule has 0 amide bonds. The molecule has 2 aromatic heterocycles. The highest BCUT2D eigenvalue weighted by Crippen LogP contribution is 2.44. The van der Waals surface area contributed by atoms with Crippen molar-refractivity contribution in [1.82, 2.24) is 14.9 Å². The largest absolute Gasteiger partial charge is 0.351 e. The minimum absolute atomic E-state index is 0.0244. The van der Waals surface area contributed by atoms with Gasteiger partial charge in [0.2, 0.25) is 0 Å². The van der Waals surface area contributed by atoms with Crippen LogP contribution >= 0.6 is 12.2 Å². The van der Waals surface area contributed by atoms with E-state index in [9.17, 15) is 0 Å². The Bertz CT molecular complexity index is 1400. The van der Waals surface area contributed by atoms with Crippen molar-refractivity contribution in [2.45, 2.75) is 53.6 Å². The number of nitrogens with one attached hydrogen (secondary N) is 1. The van der Waals surface area contributed by atoms with Gasteiger partial charge in [-0.25, -0.2) is 0 Å². The number of hydrogen-bond acceptors (Lipinski definition) is 2. The van der Waals surface area contributed by atoms with Gasteiger partial charge in [-0.15, -0.1) is 0 Å². The zero-order valence-corrected chi connectivity index (χ0v) is 22.1. The molecular weight excluding hydrogens is 448 g/mol. The Labute approximate surface area is 213 Å². The molecule has 1 aliphatic heterocycles. The Morgan fingerprint density at radius 3 is 2.29 bits per heavy atom. The Balaban J connectivity index is 1.72. The molecule has 35 heavy (non-hydrogen) atoms. The van der Waals surface area contributed by atoms with Crippen molar-refractivity contribution in [3.8, 4) is 5.69 Å². The third kappa shape index (κ3) is 4.04. The molecule has 5 heteroatoms. The number of benzene rings is 2. The number of thiocarbonyl (C=S) groups is 1. The lowest BCUT2D eigenvalue weighted by Gasteiger charge is -2.29. The van der Waals surface area contributed by atoms with Crippen LogP contribution in [0.3, 0.4) is 0 Å². The molecule has 4 aromatic rings. The fourth-order valence-corrected chi connectivity index (χ4v) is 5.82. The maximum absolute atomic E-state index is 5.96. The second kappa shape index (κ2) is 8.97. The van der Waals surface area contributed by atoms with Gasteiger partial charge in [-0.1, -0.05) is 24.3 Å². The molecular formula is C30H32N4S. The van der Waals surface area contributed by atoms with E-state index in [-0.39, 0.29) is 12.1 Å². The third-order valence-corrected chi connectivity index (χ3v) is 7.50. The summed E-state index contributed by atoms with van der Waals surface area (Å²) >= 11 is 5.96. The molecule has 0 spiro atoms. The lowest BCUT2D eigenvalue weighted by Crippen LogP contribution is -2.29. The highest BCUT2D eigenvalue weighted by atomic mass is 32.1. The summed E-state index contributed by atoms with van der Waals surface area (Å²) in [5, 5.41) is 4.34. The highest BCUT2D eigenvalue weighted by Gasteiger charge is 2.42. The van der Waals surface area contributed by atoms with E-state index in [0.29, 0.717) is 0 Å². The Kier molecular flexibility index (Phi) is 5.97. The number of hydrogen-bond donors (Lipinski definition) is 1. The zero-order valence-electron chi connectivity index (χ0n) is 21.3. The fraction of sp³-hybridized carbons (Fsp3) is 0.267. The van der Waals surface area contributed by atoms with Gasteiger partial charge in [0.15, 0.2) is 5.11 Å². The van der Waals surface area contributed by atoms with Gasteiger partial charge in [0.05, 0.1) is 17.8 Å². The quantitative estimate of drug-likeness (QED) is 0.322. The summed E-state index contributed by atoms with van der Waals surface area (Å²) in [5.41, 5.74) is 12.1. The van der Waals surface area contributed by atoms with Crippen molar-refractivity contribution in [2.24, 2.45) is 0 Å². The molecule has 0 aliphatic carbocycles. The van der Waals surface area contributed by atoms with Crippen LogP contribution in [0.15, 0.2) is 66.9 Å². The van der Waals surface area contributed by atoms with E-state index in [1.165, 1.54) is 44.9 Å². The molecule has 1 N–H and O–H groups in total. The number of anilines is 1. The molecule has 1 aliphatic rings. The minimum Gasteiger partial charge on any atom is -0.351 e. The first-order valence-corrected chi connectivity index (χ1v) is 12.5. The normalized spacial score (nSPS) is 17.7. The standard InChI is InChI=1S/C30H32N4S/c1-18-14-19(2)16-24(15-18)34-29(28(32-30(34)35)26-11-7-8-13-31-26)25-17-21(4)33(23(25)6)27-12-9-10-20(3)22(27)5/h7-17,28-29H,1-6H3,(H,32,35)/t28-,29+/m1/s1. The van der Waals surface area contributed by atoms with E-state index in [1.807, 2.05) is 18.3 Å². The van der Waals surface area contributed by atoms with Gasteiger partial charge in [-0.3, -0.25) is 4.98 Å². The summed E-state index contributed by atoms with van der Waals surface area (Å²) in [6.45, 7) is 13.1. The lowest BCUT2D eigenvalue weighted by atomic mass is 9.96.